The van der Waals surface area contributed by atoms with Crippen molar-refractivity contribution >= 4 is 0 Å². The van der Waals surface area contributed by atoms with Gasteiger partial charge < -0.3 is 5.32 Å². The predicted octanol–water partition coefficient (Wildman–Crippen LogP) is 4.66. The number of benzene rings is 1. The van der Waals surface area contributed by atoms with Gasteiger partial charge >= 0.3 is 0 Å². The second-order valence-electron chi connectivity index (χ2n) is 7.45. The van der Waals surface area contributed by atoms with Crippen molar-refractivity contribution < 1.29 is 0 Å². The molecular formula is C19H29N. The molecule has 1 aromatic rings. The molecule has 0 radical (unpaired) electrons. The molecule has 2 saturated carbocycles. The van der Waals surface area contributed by atoms with Crippen LogP contribution in [0.5, 0.6) is 0 Å². The molecule has 1 aromatic carbocycles. The van der Waals surface area contributed by atoms with E-state index in [2.05, 4.69) is 50.4 Å². The highest BCUT2D eigenvalue weighted by molar-refractivity contribution is 5.27. The lowest BCUT2D eigenvalue weighted by Crippen LogP contribution is -2.49. The Labute approximate surface area is 124 Å². The Hall–Kier alpha value is -0.820. The SMILES string of the molecule is Cc1cccc(C2CC(NC3CCC(C)CC3C)C2)c1. The summed E-state index contributed by atoms with van der Waals surface area (Å²) in [7, 11) is 0. The molecule has 0 aromatic heterocycles. The van der Waals surface area contributed by atoms with Gasteiger partial charge in [0.2, 0.25) is 0 Å². The van der Waals surface area contributed by atoms with E-state index >= 15 is 0 Å². The topological polar surface area (TPSA) is 12.0 Å². The van der Waals surface area contributed by atoms with Crippen LogP contribution >= 0.6 is 0 Å². The van der Waals surface area contributed by atoms with Crippen LogP contribution in [0.25, 0.3) is 0 Å². The molecule has 0 spiro atoms. The lowest BCUT2D eigenvalue weighted by molar-refractivity contribution is 0.176. The third-order valence-electron chi connectivity index (χ3n) is 5.53. The van der Waals surface area contributed by atoms with Crippen LogP contribution in [-0.2, 0) is 0 Å². The van der Waals surface area contributed by atoms with Crippen LogP contribution in [0.3, 0.4) is 0 Å². The molecule has 110 valence electrons. The van der Waals surface area contributed by atoms with Gasteiger partial charge in [0.1, 0.15) is 0 Å². The summed E-state index contributed by atoms with van der Waals surface area (Å²) in [6.07, 6.45) is 6.88. The third-order valence-corrected chi connectivity index (χ3v) is 5.53. The minimum atomic E-state index is 0.765. The number of aryl methyl sites for hydroxylation is 1. The van der Waals surface area contributed by atoms with Crippen LogP contribution in [0.15, 0.2) is 24.3 Å². The first-order valence-corrected chi connectivity index (χ1v) is 8.44. The molecule has 0 saturated heterocycles. The zero-order valence-corrected chi connectivity index (χ0v) is 13.2. The minimum absolute atomic E-state index is 0.765. The van der Waals surface area contributed by atoms with Crippen molar-refractivity contribution in [2.24, 2.45) is 11.8 Å². The average Bonchev–Trinajstić information content (AvgIpc) is 2.35. The molecule has 1 heteroatoms. The summed E-state index contributed by atoms with van der Waals surface area (Å²) in [5.41, 5.74) is 2.95. The Bertz CT molecular complexity index is 447. The van der Waals surface area contributed by atoms with Gasteiger partial charge in [-0.05, 0) is 62.3 Å². The molecule has 2 aliphatic carbocycles. The summed E-state index contributed by atoms with van der Waals surface area (Å²) in [6, 6.07) is 10.6. The van der Waals surface area contributed by atoms with Crippen molar-refractivity contribution in [3.8, 4) is 0 Å². The van der Waals surface area contributed by atoms with Crippen LogP contribution < -0.4 is 5.32 Å². The number of hydrogen-bond donors (Lipinski definition) is 1. The molecule has 0 heterocycles. The Morgan fingerprint density at radius 2 is 1.85 bits per heavy atom. The first kappa shape index (κ1) is 14.1. The van der Waals surface area contributed by atoms with Gasteiger partial charge in [0.05, 0.1) is 0 Å². The summed E-state index contributed by atoms with van der Waals surface area (Å²) in [4.78, 5) is 0. The van der Waals surface area contributed by atoms with Gasteiger partial charge in [-0.15, -0.1) is 0 Å². The summed E-state index contributed by atoms with van der Waals surface area (Å²) < 4.78 is 0. The van der Waals surface area contributed by atoms with Crippen LogP contribution in [0.2, 0.25) is 0 Å². The van der Waals surface area contributed by atoms with Gasteiger partial charge in [-0.2, -0.15) is 0 Å². The molecule has 2 aliphatic rings. The van der Waals surface area contributed by atoms with Crippen molar-refractivity contribution in [3.63, 3.8) is 0 Å². The van der Waals surface area contributed by atoms with Crippen molar-refractivity contribution in [1.82, 2.24) is 5.32 Å². The standard InChI is InChI=1S/C19H29N/c1-13-5-4-6-16(10-13)17-11-18(12-17)20-19-8-7-14(2)9-15(19)3/h4-6,10,14-15,17-20H,7-9,11-12H2,1-3H3. The van der Waals surface area contributed by atoms with Crippen molar-refractivity contribution in [1.29, 1.82) is 0 Å². The van der Waals surface area contributed by atoms with E-state index < -0.39 is 0 Å². The molecule has 3 atom stereocenters. The largest absolute Gasteiger partial charge is 0.311 e. The maximum absolute atomic E-state index is 3.94. The van der Waals surface area contributed by atoms with E-state index in [1.165, 1.54) is 37.7 Å². The fourth-order valence-corrected chi connectivity index (χ4v) is 4.17. The summed E-state index contributed by atoms with van der Waals surface area (Å²) >= 11 is 0. The Morgan fingerprint density at radius 3 is 2.55 bits per heavy atom. The maximum Gasteiger partial charge on any atom is 0.00954 e. The van der Waals surface area contributed by atoms with Gasteiger partial charge in [0, 0.05) is 12.1 Å². The molecule has 0 bridgehead atoms. The highest BCUT2D eigenvalue weighted by Crippen LogP contribution is 2.38. The molecule has 3 rings (SSSR count). The fraction of sp³-hybridized carbons (Fsp3) is 0.684. The number of nitrogens with one attached hydrogen (secondary N) is 1. The van der Waals surface area contributed by atoms with Gasteiger partial charge in [-0.3, -0.25) is 0 Å². The Kier molecular flexibility index (Phi) is 4.16. The molecule has 0 aliphatic heterocycles. The van der Waals surface area contributed by atoms with E-state index in [0.717, 1.165) is 29.8 Å². The molecular weight excluding hydrogens is 242 g/mol. The quantitative estimate of drug-likeness (QED) is 0.843. The third kappa shape index (κ3) is 3.09. The zero-order valence-electron chi connectivity index (χ0n) is 13.2. The molecule has 0 amide bonds. The van der Waals surface area contributed by atoms with Crippen LogP contribution in [-0.4, -0.2) is 12.1 Å². The van der Waals surface area contributed by atoms with E-state index in [1.807, 2.05) is 0 Å². The van der Waals surface area contributed by atoms with E-state index in [-0.39, 0.29) is 0 Å². The van der Waals surface area contributed by atoms with Crippen LogP contribution in [0.1, 0.15) is 63.0 Å². The van der Waals surface area contributed by atoms with Crippen molar-refractivity contribution in [3.05, 3.63) is 35.4 Å². The lowest BCUT2D eigenvalue weighted by atomic mass is 9.73. The number of hydrogen-bond acceptors (Lipinski definition) is 1. The van der Waals surface area contributed by atoms with E-state index in [1.54, 1.807) is 5.56 Å². The second-order valence-corrected chi connectivity index (χ2v) is 7.45. The molecule has 1 nitrogen and oxygen atoms in total. The summed E-state index contributed by atoms with van der Waals surface area (Å²) in [6.45, 7) is 7.04. The predicted molar refractivity (Wildman–Crippen MR) is 86.0 cm³/mol. The average molecular weight is 271 g/mol. The van der Waals surface area contributed by atoms with E-state index in [0.29, 0.717) is 0 Å². The first-order chi connectivity index (χ1) is 9.61. The summed E-state index contributed by atoms with van der Waals surface area (Å²) in [5.74, 6) is 2.59. The second kappa shape index (κ2) is 5.89. The van der Waals surface area contributed by atoms with Crippen molar-refractivity contribution in [2.45, 2.75) is 70.9 Å². The van der Waals surface area contributed by atoms with E-state index in [4.69, 9.17) is 0 Å². The van der Waals surface area contributed by atoms with Gasteiger partial charge in [-0.1, -0.05) is 43.7 Å². The fourth-order valence-electron chi connectivity index (χ4n) is 4.17. The van der Waals surface area contributed by atoms with Gasteiger partial charge in [0.25, 0.3) is 0 Å². The molecule has 3 unspecified atom stereocenters. The highest BCUT2D eigenvalue weighted by Gasteiger charge is 2.34. The van der Waals surface area contributed by atoms with Crippen LogP contribution in [0.4, 0.5) is 0 Å². The molecule has 1 N–H and O–H groups in total. The van der Waals surface area contributed by atoms with E-state index in [9.17, 15) is 0 Å². The normalized spacial score (nSPS) is 37.5. The number of rotatable bonds is 3. The Morgan fingerprint density at radius 1 is 1.05 bits per heavy atom. The molecule has 20 heavy (non-hydrogen) atoms. The Balaban J connectivity index is 1.49. The van der Waals surface area contributed by atoms with Gasteiger partial charge in [-0.25, -0.2) is 0 Å². The monoisotopic (exact) mass is 271 g/mol. The van der Waals surface area contributed by atoms with Crippen molar-refractivity contribution in [2.75, 3.05) is 0 Å². The highest BCUT2D eigenvalue weighted by atomic mass is 15.0. The smallest absolute Gasteiger partial charge is 0.00954 e. The minimum Gasteiger partial charge on any atom is -0.311 e. The van der Waals surface area contributed by atoms with Crippen LogP contribution in [0, 0.1) is 18.8 Å². The lowest BCUT2D eigenvalue weighted by Gasteiger charge is -2.42. The maximum atomic E-state index is 3.94. The zero-order chi connectivity index (χ0) is 14.1. The first-order valence-electron chi connectivity index (χ1n) is 8.44. The van der Waals surface area contributed by atoms with Gasteiger partial charge in [0.15, 0.2) is 0 Å². The summed E-state index contributed by atoms with van der Waals surface area (Å²) in [5, 5.41) is 3.94. The molecule has 2 fully saturated rings.